The number of aromatic nitrogens is 1. The van der Waals surface area contributed by atoms with Crippen LogP contribution in [0.3, 0.4) is 0 Å². The maximum Gasteiger partial charge on any atom is 0.246 e. The number of carbonyl (C=O) groups excluding carboxylic acids is 1. The van der Waals surface area contributed by atoms with E-state index >= 15 is 0 Å². The van der Waals surface area contributed by atoms with Crippen molar-refractivity contribution in [3.8, 4) is 11.9 Å². The molecule has 2 aromatic rings. The number of nitrogens with one attached hydrogen (secondary N) is 2. The second-order valence-corrected chi connectivity index (χ2v) is 4.64. The average molecular weight is 296 g/mol. The Hall–Kier alpha value is -3.07. The van der Waals surface area contributed by atoms with Crippen molar-refractivity contribution in [2.45, 2.75) is 13.0 Å². The highest BCUT2D eigenvalue weighted by Crippen LogP contribution is 2.14. The maximum atomic E-state index is 12.1. The first kappa shape index (κ1) is 15.3. The summed E-state index contributed by atoms with van der Waals surface area (Å²) in [4.78, 5) is 16.2. The molecule has 0 radical (unpaired) electrons. The van der Waals surface area contributed by atoms with Gasteiger partial charge in [0.15, 0.2) is 0 Å². The molecular formula is C16H16N4O2. The highest BCUT2D eigenvalue weighted by atomic mass is 16.5. The summed E-state index contributed by atoms with van der Waals surface area (Å²) < 4.78 is 4.98. The number of anilines is 2. The van der Waals surface area contributed by atoms with Crippen molar-refractivity contribution in [3.05, 3.63) is 48.2 Å². The van der Waals surface area contributed by atoms with Crippen molar-refractivity contribution in [2.75, 3.05) is 17.7 Å². The Balaban J connectivity index is 1.97. The topological polar surface area (TPSA) is 87.0 Å². The molecule has 0 aliphatic heterocycles. The van der Waals surface area contributed by atoms with Crippen LogP contribution >= 0.6 is 0 Å². The maximum absolute atomic E-state index is 12.1. The van der Waals surface area contributed by atoms with E-state index in [-0.39, 0.29) is 5.91 Å². The predicted octanol–water partition coefficient (Wildman–Crippen LogP) is 2.40. The van der Waals surface area contributed by atoms with Crippen LogP contribution in [0.25, 0.3) is 0 Å². The molecule has 0 bridgehead atoms. The largest absolute Gasteiger partial charge is 0.481 e. The molecule has 0 aliphatic rings. The van der Waals surface area contributed by atoms with Gasteiger partial charge in [0.05, 0.1) is 30.6 Å². The minimum Gasteiger partial charge on any atom is -0.481 e. The van der Waals surface area contributed by atoms with Gasteiger partial charge in [0, 0.05) is 11.8 Å². The number of benzene rings is 1. The van der Waals surface area contributed by atoms with Crippen LogP contribution in [0.4, 0.5) is 11.4 Å². The van der Waals surface area contributed by atoms with Gasteiger partial charge in [-0.1, -0.05) is 6.07 Å². The van der Waals surface area contributed by atoms with Gasteiger partial charge < -0.3 is 15.4 Å². The second kappa shape index (κ2) is 7.09. The van der Waals surface area contributed by atoms with E-state index in [1.54, 1.807) is 56.6 Å². The van der Waals surface area contributed by atoms with Crippen molar-refractivity contribution in [1.29, 1.82) is 5.26 Å². The van der Waals surface area contributed by atoms with Crippen molar-refractivity contribution in [2.24, 2.45) is 0 Å². The smallest absolute Gasteiger partial charge is 0.246 e. The zero-order valence-electron chi connectivity index (χ0n) is 12.3. The summed E-state index contributed by atoms with van der Waals surface area (Å²) in [6.45, 7) is 1.74. The van der Waals surface area contributed by atoms with Crippen molar-refractivity contribution >= 4 is 17.3 Å². The molecule has 2 rings (SSSR count). The Morgan fingerprint density at radius 2 is 2.14 bits per heavy atom. The van der Waals surface area contributed by atoms with Gasteiger partial charge in [-0.3, -0.25) is 4.79 Å². The van der Waals surface area contributed by atoms with Gasteiger partial charge >= 0.3 is 0 Å². The van der Waals surface area contributed by atoms with E-state index in [1.165, 1.54) is 0 Å². The van der Waals surface area contributed by atoms with Crippen LogP contribution < -0.4 is 15.4 Å². The molecule has 6 heteroatoms. The van der Waals surface area contributed by atoms with Crippen LogP contribution in [0.2, 0.25) is 0 Å². The molecule has 1 atom stereocenters. The van der Waals surface area contributed by atoms with E-state index in [1.807, 2.05) is 6.07 Å². The molecule has 1 heterocycles. The molecule has 1 unspecified atom stereocenters. The number of nitrogens with zero attached hydrogens (tertiary/aromatic N) is 2. The lowest BCUT2D eigenvalue weighted by Crippen LogP contribution is -2.31. The first-order valence-electron chi connectivity index (χ1n) is 6.70. The van der Waals surface area contributed by atoms with Crippen LogP contribution in [0.1, 0.15) is 12.5 Å². The summed E-state index contributed by atoms with van der Waals surface area (Å²) >= 11 is 0. The van der Waals surface area contributed by atoms with E-state index in [9.17, 15) is 4.79 Å². The van der Waals surface area contributed by atoms with Gasteiger partial charge in [0.25, 0.3) is 0 Å². The van der Waals surface area contributed by atoms with Crippen molar-refractivity contribution < 1.29 is 9.53 Å². The van der Waals surface area contributed by atoms with E-state index in [0.717, 1.165) is 0 Å². The number of hydrogen-bond acceptors (Lipinski definition) is 5. The van der Waals surface area contributed by atoms with Crippen LogP contribution in [0.5, 0.6) is 5.88 Å². The van der Waals surface area contributed by atoms with Crippen LogP contribution in [0, 0.1) is 11.3 Å². The quantitative estimate of drug-likeness (QED) is 0.884. The number of methoxy groups -OCH3 is 1. The third kappa shape index (κ3) is 3.96. The molecule has 0 saturated carbocycles. The molecule has 1 aromatic heterocycles. The second-order valence-electron chi connectivity index (χ2n) is 4.64. The van der Waals surface area contributed by atoms with Crippen LogP contribution in [-0.4, -0.2) is 24.0 Å². The fraction of sp³-hybridized carbons (Fsp3) is 0.188. The molecule has 0 fully saturated rings. The monoisotopic (exact) mass is 296 g/mol. The number of rotatable bonds is 5. The van der Waals surface area contributed by atoms with E-state index in [2.05, 4.69) is 15.6 Å². The van der Waals surface area contributed by atoms with Crippen LogP contribution in [0.15, 0.2) is 42.6 Å². The molecule has 0 aliphatic carbocycles. The third-order valence-corrected chi connectivity index (χ3v) is 2.98. The van der Waals surface area contributed by atoms with Gasteiger partial charge in [-0.15, -0.1) is 0 Å². The standard InChI is InChI=1S/C16H16N4O2/c1-11(19-14-6-7-15(22-2)18-10-14)16(21)20-13-5-3-4-12(8-13)9-17/h3-8,10-11,19H,1-2H3,(H,20,21). The number of ether oxygens (including phenoxy) is 1. The zero-order valence-corrected chi connectivity index (χ0v) is 12.3. The Morgan fingerprint density at radius 1 is 1.32 bits per heavy atom. The van der Waals surface area contributed by atoms with Crippen molar-refractivity contribution in [1.82, 2.24) is 4.98 Å². The molecule has 22 heavy (non-hydrogen) atoms. The highest BCUT2D eigenvalue weighted by Gasteiger charge is 2.13. The van der Waals surface area contributed by atoms with Gasteiger partial charge in [-0.2, -0.15) is 5.26 Å². The predicted molar refractivity (Wildman–Crippen MR) is 83.7 cm³/mol. The molecule has 1 aromatic carbocycles. The summed E-state index contributed by atoms with van der Waals surface area (Å²) in [7, 11) is 1.54. The van der Waals surface area contributed by atoms with E-state index < -0.39 is 6.04 Å². The lowest BCUT2D eigenvalue weighted by atomic mass is 10.2. The highest BCUT2D eigenvalue weighted by molar-refractivity contribution is 5.96. The summed E-state index contributed by atoms with van der Waals surface area (Å²) in [6.07, 6.45) is 1.60. The fourth-order valence-corrected chi connectivity index (χ4v) is 1.82. The summed E-state index contributed by atoms with van der Waals surface area (Å²) in [6, 6.07) is 11.8. The first-order valence-corrected chi connectivity index (χ1v) is 6.70. The molecule has 2 N–H and O–H groups in total. The third-order valence-electron chi connectivity index (χ3n) is 2.98. The van der Waals surface area contributed by atoms with E-state index in [0.29, 0.717) is 22.8 Å². The normalized spacial score (nSPS) is 11.1. The Kier molecular flexibility index (Phi) is 4.94. The lowest BCUT2D eigenvalue weighted by Gasteiger charge is -2.15. The van der Waals surface area contributed by atoms with Gasteiger partial charge in [0.1, 0.15) is 6.04 Å². The Labute approximate surface area is 128 Å². The number of pyridine rings is 1. The number of hydrogen-bond donors (Lipinski definition) is 2. The summed E-state index contributed by atoms with van der Waals surface area (Å²) in [5, 5.41) is 14.7. The number of carbonyl (C=O) groups is 1. The minimum absolute atomic E-state index is 0.203. The molecule has 0 saturated heterocycles. The van der Waals surface area contributed by atoms with Gasteiger partial charge in [-0.05, 0) is 31.2 Å². The van der Waals surface area contributed by atoms with Crippen molar-refractivity contribution in [3.63, 3.8) is 0 Å². The summed E-state index contributed by atoms with van der Waals surface area (Å²) in [5.41, 5.74) is 1.80. The zero-order chi connectivity index (χ0) is 15.9. The van der Waals surface area contributed by atoms with Gasteiger partial charge in [-0.25, -0.2) is 4.98 Å². The van der Waals surface area contributed by atoms with E-state index in [4.69, 9.17) is 10.00 Å². The molecule has 112 valence electrons. The van der Waals surface area contributed by atoms with Crippen LogP contribution in [-0.2, 0) is 4.79 Å². The molecule has 1 amide bonds. The van der Waals surface area contributed by atoms with Gasteiger partial charge in [0.2, 0.25) is 11.8 Å². The SMILES string of the molecule is COc1ccc(NC(C)C(=O)Nc2cccc(C#N)c2)cn1. The Morgan fingerprint density at radius 3 is 2.77 bits per heavy atom. The molecule has 0 spiro atoms. The number of nitriles is 1. The first-order chi connectivity index (χ1) is 10.6. The minimum atomic E-state index is -0.457. The Bertz CT molecular complexity index is 692. The molecular weight excluding hydrogens is 280 g/mol. The molecule has 6 nitrogen and oxygen atoms in total. The average Bonchev–Trinajstić information content (AvgIpc) is 2.55. The lowest BCUT2D eigenvalue weighted by molar-refractivity contribution is -0.116. The summed E-state index contributed by atoms with van der Waals surface area (Å²) in [5.74, 6) is 0.307. The number of amides is 1. The fourth-order valence-electron chi connectivity index (χ4n) is 1.82.